The molecular formula is C19H19N5. The molecule has 0 aliphatic carbocycles. The largest absolute Gasteiger partial charge is 0.403 e. The lowest BCUT2D eigenvalue weighted by Crippen LogP contribution is -2.25. The van der Waals surface area contributed by atoms with Crippen LogP contribution in [0.1, 0.15) is 28.8 Å². The lowest BCUT2D eigenvalue weighted by atomic mass is 9.85. The predicted molar refractivity (Wildman–Crippen MR) is 93.8 cm³/mol. The molecule has 3 aromatic heterocycles. The van der Waals surface area contributed by atoms with Gasteiger partial charge in [-0.05, 0) is 35.4 Å². The Bertz CT molecular complexity index is 720. The van der Waals surface area contributed by atoms with E-state index in [0.29, 0.717) is 0 Å². The summed E-state index contributed by atoms with van der Waals surface area (Å²) in [6, 6.07) is 13.8. The van der Waals surface area contributed by atoms with Gasteiger partial charge in [0.15, 0.2) is 0 Å². The first kappa shape index (κ1) is 15.7. The Labute approximate surface area is 141 Å². The Balaban J connectivity index is 2.10. The first-order chi connectivity index (χ1) is 11.9. The normalized spacial score (nSPS) is 12.4. The lowest BCUT2D eigenvalue weighted by molar-refractivity contribution is 0.535. The zero-order chi connectivity index (χ0) is 16.6. The van der Waals surface area contributed by atoms with Crippen LogP contribution >= 0.6 is 0 Å². The maximum absolute atomic E-state index is 5.54. The van der Waals surface area contributed by atoms with Gasteiger partial charge in [0.05, 0.1) is 11.7 Å². The number of aromatic nitrogens is 3. The summed E-state index contributed by atoms with van der Waals surface area (Å²) in [7, 11) is 0. The molecule has 0 fully saturated rings. The first-order valence-corrected chi connectivity index (χ1v) is 7.73. The quantitative estimate of drug-likeness (QED) is 0.731. The van der Waals surface area contributed by atoms with Gasteiger partial charge >= 0.3 is 0 Å². The molecule has 0 aliphatic heterocycles. The van der Waals surface area contributed by atoms with Gasteiger partial charge < -0.3 is 11.1 Å². The molecule has 0 aromatic carbocycles. The van der Waals surface area contributed by atoms with Gasteiger partial charge in [0.2, 0.25) is 0 Å². The molecule has 5 nitrogen and oxygen atoms in total. The van der Waals surface area contributed by atoms with Crippen molar-refractivity contribution in [3.05, 3.63) is 103 Å². The van der Waals surface area contributed by atoms with Crippen molar-refractivity contribution >= 4 is 0 Å². The third kappa shape index (κ3) is 3.57. The Morgan fingerprint density at radius 2 is 1.58 bits per heavy atom. The number of hydrogen-bond acceptors (Lipinski definition) is 5. The number of rotatable bonds is 6. The molecule has 0 saturated carbocycles. The van der Waals surface area contributed by atoms with Crippen LogP contribution in [-0.2, 0) is 0 Å². The second-order valence-electron chi connectivity index (χ2n) is 5.31. The fraction of sp³-hybridized carbons (Fsp3) is 0.105. The number of nitrogens with one attached hydrogen (secondary N) is 1. The van der Waals surface area contributed by atoms with E-state index in [2.05, 4.69) is 32.4 Å². The van der Waals surface area contributed by atoms with Gasteiger partial charge in [0.1, 0.15) is 0 Å². The van der Waals surface area contributed by atoms with Crippen molar-refractivity contribution in [2.45, 2.75) is 12.0 Å². The topological polar surface area (TPSA) is 76.7 Å². The van der Waals surface area contributed by atoms with E-state index >= 15 is 0 Å². The van der Waals surface area contributed by atoms with E-state index in [1.807, 2.05) is 42.7 Å². The standard InChI is InChI=1S/C19H19N5/c20-8-12-24-19(17-7-1-2-11-23-17)18(15-5-3-9-21-13-15)16-6-4-10-22-14-16/h1-14,18-19,24H,20H2/b12-8-. The second-order valence-corrected chi connectivity index (χ2v) is 5.31. The lowest BCUT2D eigenvalue weighted by Gasteiger charge is -2.27. The van der Waals surface area contributed by atoms with Crippen LogP contribution in [0.4, 0.5) is 0 Å². The van der Waals surface area contributed by atoms with Crippen molar-refractivity contribution in [1.82, 2.24) is 20.3 Å². The molecule has 0 radical (unpaired) electrons. The van der Waals surface area contributed by atoms with Crippen molar-refractivity contribution < 1.29 is 0 Å². The smallest absolute Gasteiger partial charge is 0.0790 e. The van der Waals surface area contributed by atoms with E-state index < -0.39 is 0 Å². The van der Waals surface area contributed by atoms with Crippen molar-refractivity contribution in [1.29, 1.82) is 0 Å². The van der Waals surface area contributed by atoms with Crippen molar-refractivity contribution in [2.24, 2.45) is 5.73 Å². The molecule has 1 unspecified atom stereocenters. The Morgan fingerprint density at radius 3 is 2.08 bits per heavy atom. The van der Waals surface area contributed by atoms with Crippen LogP contribution in [0.25, 0.3) is 0 Å². The molecular weight excluding hydrogens is 298 g/mol. The molecule has 120 valence electrons. The Morgan fingerprint density at radius 1 is 0.875 bits per heavy atom. The molecule has 0 amide bonds. The van der Waals surface area contributed by atoms with Gasteiger partial charge in [0.25, 0.3) is 0 Å². The zero-order valence-corrected chi connectivity index (χ0v) is 13.2. The molecule has 1 atom stereocenters. The SMILES string of the molecule is N/C=C\NC(c1ccccn1)C(c1cccnc1)c1cccnc1. The average Bonchev–Trinajstić information content (AvgIpc) is 2.67. The highest BCUT2D eigenvalue weighted by Gasteiger charge is 2.27. The molecule has 3 aromatic rings. The van der Waals surface area contributed by atoms with E-state index in [9.17, 15) is 0 Å². The van der Waals surface area contributed by atoms with Crippen LogP contribution in [0.15, 0.2) is 85.8 Å². The zero-order valence-electron chi connectivity index (χ0n) is 13.2. The Hall–Kier alpha value is -3.21. The van der Waals surface area contributed by atoms with Gasteiger partial charge in [0, 0.05) is 49.3 Å². The van der Waals surface area contributed by atoms with E-state index in [4.69, 9.17) is 5.73 Å². The van der Waals surface area contributed by atoms with Crippen molar-refractivity contribution in [3.63, 3.8) is 0 Å². The summed E-state index contributed by atoms with van der Waals surface area (Å²) >= 11 is 0. The summed E-state index contributed by atoms with van der Waals surface area (Å²) in [6.07, 6.45) is 12.3. The van der Waals surface area contributed by atoms with Crippen molar-refractivity contribution in [3.8, 4) is 0 Å². The maximum atomic E-state index is 5.54. The monoisotopic (exact) mass is 317 g/mol. The number of nitrogens with zero attached hydrogens (tertiary/aromatic N) is 3. The third-order valence-electron chi connectivity index (χ3n) is 3.80. The summed E-state index contributed by atoms with van der Waals surface area (Å²) in [4.78, 5) is 13.1. The van der Waals surface area contributed by atoms with Gasteiger partial charge in [-0.3, -0.25) is 15.0 Å². The molecule has 3 N–H and O–H groups in total. The minimum atomic E-state index is -0.0978. The molecule has 0 saturated heterocycles. The van der Waals surface area contributed by atoms with Crippen molar-refractivity contribution in [2.75, 3.05) is 0 Å². The molecule has 5 heteroatoms. The summed E-state index contributed by atoms with van der Waals surface area (Å²) in [5, 5.41) is 3.36. The molecule has 0 bridgehead atoms. The van der Waals surface area contributed by atoms with Gasteiger partial charge in [-0.25, -0.2) is 0 Å². The van der Waals surface area contributed by atoms with E-state index in [1.165, 1.54) is 6.20 Å². The minimum Gasteiger partial charge on any atom is -0.403 e. The summed E-state index contributed by atoms with van der Waals surface area (Å²) in [5.74, 6) is -0.00139. The predicted octanol–water partition coefficient (Wildman–Crippen LogP) is 2.76. The fourth-order valence-corrected chi connectivity index (χ4v) is 2.77. The van der Waals surface area contributed by atoms with Crippen LogP contribution in [-0.4, -0.2) is 15.0 Å². The highest BCUT2D eigenvalue weighted by molar-refractivity contribution is 5.34. The summed E-state index contributed by atoms with van der Waals surface area (Å²) in [5.41, 5.74) is 8.63. The van der Waals surface area contributed by atoms with Crippen LogP contribution in [0.5, 0.6) is 0 Å². The summed E-state index contributed by atoms with van der Waals surface area (Å²) < 4.78 is 0. The van der Waals surface area contributed by atoms with Gasteiger partial charge in [-0.15, -0.1) is 0 Å². The maximum Gasteiger partial charge on any atom is 0.0790 e. The third-order valence-corrected chi connectivity index (χ3v) is 3.80. The van der Waals surface area contributed by atoms with E-state index in [0.717, 1.165) is 16.8 Å². The number of nitrogens with two attached hydrogens (primary N) is 1. The van der Waals surface area contributed by atoms with Crippen LogP contribution in [0.3, 0.4) is 0 Å². The average molecular weight is 317 g/mol. The minimum absolute atomic E-state index is 0.00139. The number of hydrogen-bond donors (Lipinski definition) is 2. The Kier molecular flexibility index (Phi) is 5.14. The van der Waals surface area contributed by atoms with Gasteiger partial charge in [-0.2, -0.15) is 0 Å². The van der Waals surface area contributed by atoms with E-state index in [-0.39, 0.29) is 12.0 Å². The van der Waals surface area contributed by atoms with E-state index in [1.54, 1.807) is 24.8 Å². The molecule has 3 rings (SSSR count). The molecule has 0 spiro atoms. The molecule has 0 aliphatic rings. The number of pyridine rings is 3. The van der Waals surface area contributed by atoms with Gasteiger partial charge in [-0.1, -0.05) is 18.2 Å². The summed E-state index contributed by atoms with van der Waals surface area (Å²) in [6.45, 7) is 0. The molecule has 3 heterocycles. The van der Waals surface area contributed by atoms with Crippen LogP contribution in [0.2, 0.25) is 0 Å². The fourth-order valence-electron chi connectivity index (χ4n) is 2.77. The first-order valence-electron chi connectivity index (χ1n) is 7.73. The highest BCUT2D eigenvalue weighted by atomic mass is 14.9. The highest BCUT2D eigenvalue weighted by Crippen LogP contribution is 2.35. The second kappa shape index (κ2) is 7.87. The van der Waals surface area contributed by atoms with Crippen LogP contribution in [0, 0.1) is 0 Å². The van der Waals surface area contributed by atoms with Crippen LogP contribution < -0.4 is 11.1 Å². The molecule has 24 heavy (non-hydrogen) atoms.